The predicted octanol–water partition coefficient (Wildman–Crippen LogP) is 0.519. The van der Waals surface area contributed by atoms with E-state index in [1.165, 1.54) is 0 Å². The van der Waals surface area contributed by atoms with Crippen molar-refractivity contribution in [2.45, 2.75) is 78.5 Å². The van der Waals surface area contributed by atoms with Crippen LogP contribution in [0, 0.1) is 0 Å². The molecule has 0 spiro atoms. The zero-order chi connectivity index (χ0) is 17.3. The molecule has 7 nitrogen and oxygen atoms in total. The van der Waals surface area contributed by atoms with E-state index in [1.807, 2.05) is 41.5 Å². The molecule has 0 saturated carbocycles. The van der Waals surface area contributed by atoms with Crippen molar-refractivity contribution < 1.29 is 29.5 Å². The normalized spacial score (nSPS) is 16.8. The summed E-state index contributed by atoms with van der Waals surface area (Å²) in [4.78, 5) is 1.13. The summed E-state index contributed by atoms with van der Waals surface area (Å²) in [7, 11) is 0. The van der Waals surface area contributed by atoms with Crippen LogP contribution in [0.2, 0.25) is 0 Å². The molecule has 0 bridgehead atoms. The fourth-order valence-electron chi connectivity index (χ4n) is 1.69. The van der Waals surface area contributed by atoms with Gasteiger partial charge in [0.15, 0.2) is 0 Å². The Labute approximate surface area is 133 Å². The number of aliphatic hydroxyl groups is 3. The Balaban J connectivity index is 4.71. The first-order valence-electron chi connectivity index (χ1n) is 7.81. The summed E-state index contributed by atoms with van der Waals surface area (Å²) < 4.78 is 16.0. The zero-order valence-electron chi connectivity index (χ0n) is 14.6. The molecule has 3 N–H and O–H groups in total. The molecule has 134 valence electrons. The highest BCUT2D eigenvalue weighted by Gasteiger charge is 2.30. The minimum atomic E-state index is -1.17. The van der Waals surface area contributed by atoms with Gasteiger partial charge in [0.25, 0.3) is 0 Å². The van der Waals surface area contributed by atoms with Gasteiger partial charge in [0.05, 0.1) is 38.1 Å². The van der Waals surface area contributed by atoms with Crippen LogP contribution in [0.5, 0.6) is 0 Å². The minimum Gasteiger partial charge on any atom is -0.376 e. The van der Waals surface area contributed by atoms with Crippen LogP contribution in [-0.2, 0) is 14.2 Å². The number of rotatable bonds is 12. The van der Waals surface area contributed by atoms with Gasteiger partial charge in [-0.05, 0) is 41.5 Å². The average Bonchev–Trinajstić information content (AvgIpc) is 2.40. The van der Waals surface area contributed by atoms with Crippen LogP contribution >= 0.6 is 0 Å². The van der Waals surface area contributed by atoms with Crippen molar-refractivity contribution in [2.24, 2.45) is 0 Å². The maximum Gasteiger partial charge on any atom is 0.135 e. The molecular formula is C15H33NO6. The van der Waals surface area contributed by atoms with Gasteiger partial charge in [0.1, 0.15) is 18.7 Å². The molecule has 0 saturated heterocycles. The molecule has 3 atom stereocenters. The Hall–Kier alpha value is -0.280. The number of hydrogen-bond acceptors (Lipinski definition) is 7. The van der Waals surface area contributed by atoms with Crippen LogP contribution in [0.3, 0.4) is 0 Å². The summed E-state index contributed by atoms with van der Waals surface area (Å²) in [6, 6.07) is 0. The fourth-order valence-corrected chi connectivity index (χ4v) is 1.69. The summed E-state index contributed by atoms with van der Waals surface area (Å²) >= 11 is 0. The summed E-state index contributed by atoms with van der Waals surface area (Å²) in [5.41, 5.74) is 0. The second-order valence-corrected chi connectivity index (χ2v) is 6.04. The molecule has 0 aromatic heterocycles. The fraction of sp³-hybridized carbons (Fsp3) is 1.00. The standard InChI is InChI=1S/C15H33NO6/c1-10(2)20-7-13(17)16(14(18)8-21-11(3)4)15(19)9-22-12(5)6/h10-15,17-19H,7-9H2,1-6H3. The van der Waals surface area contributed by atoms with E-state index in [9.17, 15) is 15.3 Å². The number of aliphatic hydroxyl groups excluding tert-OH is 3. The molecule has 0 radical (unpaired) electrons. The Morgan fingerprint density at radius 2 is 0.818 bits per heavy atom. The molecule has 0 amide bonds. The molecule has 0 aliphatic heterocycles. The van der Waals surface area contributed by atoms with Gasteiger partial charge in [-0.3, -0.25) is 0 Å². The van der Waals surface area contributed by atoms with E-state index in [0.29, 0.717) is 0 Å². The first-order chi connectivity index (χ1) is 10.1. The molecule has 7 heteroatoms. The van der Waals surface area contributed by atoms with Gasteiger partial charge in [-0.15, -0.1) is 0 Å². The smallest absolute Gasteiger partial charge is 0.135 e. The maximum absolute atomic E-state index is 10.2. The lowest BCUT2D eigenvalue weighted by Crippen LogP contribution is -2.55. The zero-order valence-corrected chi connectivity index (χ0v) is 14.6. The van der Waals surface area contributed by atoms with Gasteiger partial charge in [-0.2, -0.15) is 0 Å². The summed E-state index contributed by atoms with van der Waals surface area (Å²) in [5.74, 6) is 0. The van der Waals surface area contributed by atoms with Gasteiger partial charge < -0.3 is 29.5 Å². The quantitative estimate of drug-likeness (QED) is 0.451. The monoisotopic (exact) mass is 323 g/mol. The van der Waals surface area contributed by atoms with Crippen molar-refractivity contribution in [1.29, 1.82) is 0 Å². The van der Waals surface area contributed by atoms with Crippen molar-refractivity contribution in [2.75, 3.05) is 19.8 Å². The molecule has 0 rings (SSSR count). The molecule has 0 aromatic rings. The van der Waals surface area contributed by atoms with Crippen LogP contribution < -0.4 is 0 Å². The van der Waals surface area contributed by atoms with Gasteiger partial charge in [-0.1, -0.05) is 0 Å². The largest absolute Gasteiger partial charge is 0.376 e. The van der Waals surface area contributed by atoms with Crippen LogP contribution in [-0.4, -0.2) is 77.0 Å². The van der Waals surface area contributed by atoms with E-state index in [0.717, 1.165) is 4.90 Å². The van der Waals surface area contributed by atoms with Crippen molar-refractivity contribution in [1.82, 2.24) is 4.90 Å². The Morgan fingerprint density at radius 3 is 1.00 bits per heavy atom. The lowest BCUT2D eigenvalue weighted by Gasteiger charge is -2.36. The predicted molar refractivity (Wildman–Crippen MR) is 83.1 cm³/mol. The van der Waals surface area contributed by atoms with Crippen molar-refractivity contribution in [3.05, 3.63) is 0 Å². The Morgan fingerprint density at radius 1 is 0.591 bits per heavy atom. The van der Waals surface area contributed by atoms with E-state index < -0.39 is 18.7 Å². The molecule has 0 aromatic carbocycles. The van der Waals surface area contributed by atoms with Gasteiger partial charge >= 0.3 is 0 Å². The first kappa shape index (κ1) is 21.7. The second kappa shape index (κ2) is 11.3. The molecule has 0 aliphatic carbocycles. The molecule has 0 heterocycles. The third-order valence-corrected chi connectivity index (χ3v) is 2.77. The number of nitrogens with zero attached hydrogens (tertiary/aromatic N) is 1. The second-order valence-electron chi connectivity index (χ2n) is 6.04. The lowest BCUT2D eigenvalue weighted by molar-refractivity contribution is -0.224. The van der Waals surface area contributed by atoms with E-state index in [4.69, 9.17) is 14.2 Å². The molecule has 0 aliphatic rings. The number of hydrogen-bond donors (Lipinski definition) is 3. The summed E-state index contributed by atoms with van der Waals surface area (Å²) in [6.45, 7) is 10.9. The van der Waals surface area contributed by atoms with Gasteiger partial charge in [-0.25, -0.2) is 4.90 Å². The van der Waals surface area contributed by atoms with E-state index >= 15 is 0 Å². The maximum atomic E-state index is 10.2. The van der Waals surface area contributed by atoms with Crippen LogP contribution in [0.4, 0.5) is 0 Å². The van der Waals surface area contributed by atoms with E-state index in [-0.39, 0.29) is 38.1 Å². The van der Waals surface area contributed by atoms with Crippen molar-refractivity contribution in [3.8, 4) is 0 Å². The molecule has 0 fully saturated rings. The van der Waals surface area contributed by atoms with Crippen molar-refractivity contribution in [3.63, 3.8) is 0 Å². The highest BCUT2D eigenvalue weighted by atomic mass is 16.5. The topological polar surface area (TPSA) is 91.6 Å². The minimum absolute atomic E-state index is 0.0326. The van der Waals surface area contributed by atoms with Crippen LogP contribution in [0.15, 0.2) is 0 Å². The third-order valence-electron chi connectivity index (χ3n) is 2.77. The first-order valence-corrected chi connectivity index (χ1v) is 7.81. The highest BCUT2D eigenvalue weighted by molar-refractivity contribution is 4.70. The summed E-state index contributed by atoms with van der Waals surface area (Å²) in [6.07, 6.45) is -3.70. The highest BCUT2D eigenvalue weighted by Crippen LogP contribution is 2.11. The Bertz CT molecular complexity index is 232. The Kier molecular flexibility index (Phi) is 11.1. The summed E-state index contributed by atoms with van der Waals surface area (Å²) in [5, 5.41) is 30.6. The van der Waals surface area contributed by atoms with E-state index in [1.54, 1.807) is 0 Å². The van der Waals surface area contributed by atoms with Gasteiger partial charge in [0.2, 0.25) is 0 Å². The molecule has 22 heavy (non-hydrogen) atoms. The lowest BCUT2D eigenvalue weighted by atomic mass is 10.3. The third kappa shape index (κ3) is 9.68. The van der Waals surface area contributed by atoms with E-state index in [2.05, 4.69) is 0 Å². The SMILES string of the molecule is CC(C)OCC(O)N(C(O)COC(C)C)C(O)COC(C)C. The van der Waals surface area contributed by atoms with Crippen molar-refractivity contribution >= 4 is 0 Å². The van der Waals surface area contributed by atoms with Crippen LogP contribution in [0.25, 0.3) is 0 Å². The van der Waals surface area contributed by atoms with Crippen LogP contribution in [0.1, 0.15) is 41.5 Å². The average molecular weight is 323 g/mol. The molecule has 3 unspecified atom stereocenters. The molecular weight excluding hydrogens is 290 g/mol. The van der Waals surface area contributed by atoms with Gasteiger partial charge in [0, 0.05) is 0 Å². The number of ether oxygens (including phenoxy) is 3.